The fourth-order valence-electron chi connectivity index (χ4n) is 1.85. The van der Waals surface area contributed by atoms with E-state index in [1.54, 1.807) is 0 Å². The zero-order valence-electron chi connectivity index (χ0n) is 13.3. The SMILES string of the molecule is CCOCCCNC(=O)/C(C#N)=C\NCCc1ccccc1Cl. The minimum atomic E-state index is -0.380. The molecule has 0 aliphatic heterocycles. The predicted molar refractivity (Wildman–Crippen MR) is 91.0 cm³/mol. The summed E-state index contributed by atoms with van der Waals surface area (Å²) in [5, 5.41) is 15.4. The Labute approximate surface area is 142 Å². The summed E-state index contributed by atoms with van der Waals surface area (Å²) < 4.78 is 5.18. The van der Waals surface area contributed by atoms with Crippen LogP contribution in [-0.4, -0.2) is 32.2 Å². The van der Waals surface area contributed by atoms with Gasteiger partial charge in [0.1, 0.15) is 11.6 Å². The molecule has 1 rings (SSSR count). The van der Waals surface area contributed by atoms with Crippen molar-refractivity contribution in [2.24, 2.45) is 0 Å². The molecule has 1 amide bonds. The molecule has 124 valence electrons. The van der Waals surface area contributed by atoms with Crippen LogP contribution in [-0.2, 0) is 16.0 Å². The van der Waals surface area contributed by atoms with Crippen LogP contribution in [0.1, 0.15) is 18.9 Å². The van der Waals surface area contributed by atoms with E-state index < -0.39 is 0 Å². The number of rotatable bonds is 10. The molecular weight excluding hydrogens is 314 g/mol. The number of halogens is 1. The van der Waals surface area contributed by atoms with Crippen molar-refractivity contribution in [1.29, 1.82) is 5.26 Å². The first kappa shape index (κ1) is 19.0. The molecule has 1 aromatic carbocycles. The van der Waals surface area contributed by atoms with Gasteiger partial charge in [0, 0.05) is 37.5 Å². The minimum absolute atomic E-state index is 0.0561. The number of carbonyl (C=O) groups is 1. The van der Waals surface area contributed by atoms with Crippen molar-refractivity contribution < 1.29 is 9.53 Å². The van der Waals surface area contributed by atoms with Crippen LogP contribution in [0, 0.1) is 11.3 Å². The lowest BCUT2D eigenvalue weighted by Crippen LogP contribution is -2.27. The predicted octanol–water partition coefficient (Wildman–Crippen LogP) is 2.42. The van der Waals surface area contributed by atoms with Crippen LogP contribution >= 0.6 is 11.6 Å². The summed E-state index contributed by atoms with van der Waals surface area (Å²) in [6.45, 7) is 4.25. The summed E-state index contributed by atoms with van der Waals surface area (Å²) in [5.41, 5.74) is 1.08. The minimum Gasteiger partial charge on any atom is -0.389 e. The second-order valence-electron chi connectivity index (χ2n) is 4.77. The van der Waals surface area contributed by atoms with Crippen molar-refractivity contribution in [3.8, 4) is 6.07 Å². The summed E-state index contributed by atoms with van der Waals surface area (Å²) >= 11 is 6.07. The van der Waals surface area contributed by atoms with Gasteiger partial charge < -0.3 is 15.4 Å². The topological polar surface area (TPSA) is 74.1 Å². The van der Waals surface area contributed by atoms with Crippen LogP contribution in [0.25, 0.3) is 0 Å². The standard InChI is InChI=1S/C17H22ClN3O2/c1-2-23-11-5-9-21-17(22)15(12-19)13-20-10-8-14-6-3-4-7-16(14)18/h3-4,6-7,13,20H,2,5,8-11H2,1H3,(H,21,22)/b15-13-. The molecule has 6 heteroatoms. The maximum Gasteiger partial charge on any atom is 0.263 e. The lowest BCUT2D eigenvalue weighted by Gasteiger charge is -2.06. The van der Waals surface area contributed by atoms with Gasteiger partial charge in [-0.15, -0.1) is 0 Å². The van der Waals surface area contributed by atoms with Crippen LogP contribution in [0.4, 0.5) is 0 Å². The van der Waals surface area contributed by atoms with Gasteiger partial charge in [0.2, 0.25) is 0 Å². The highest BCUT2D eigenvalue weighted by Crippen LogP contribution is 2.14. The van der Waals surface area contributed by atoms with Gasteiger partial charge in [-0.2, -0.15) is 5.26 Å². The maximum absolute atomic E-state index is 11.8. The highest BCUT2D eigenvalue weighted by Gasteiger charge is 2.07. The summed E-state index contributed by atoms with van der Waals surface area (Å²) in [6, 6.07) is 9.48. The number of hydrogen-bond donors (Lipinski definition) is 2. The first-order valence-corrected chi connectivity index (χ1v) is 7.99. The highest BCUT2D eigenvalue weighted by atomic mass is 35.5. The summed E-state index contributed by atoms with van der Waals surface area (Å²) in [5.74, 6) is -0.380. The molecule has 23 heavy (non-hydrogen) atoms. The quantitative estimate of drug-likeness (QED) is 0.391. The smallest absolute Gasteiger partial charge is 0.263 e. The Balaban J connectivity index is 2.33. The molecule has 0 saturated carbocycles. The van der Waals surface area contributed by atoms with Gasteiger partial charge in [0.05, 0.1) is 0 Å². The fourth-order valence-corrected chi connectivity index (χ4v) is 2.08. The Hall–Kier alpha value is -2.03. The fraction of sp³-hybridized carbons (Fsp3) is 0.412. The summed E-state index contributed by atoms with van der Waals surface area (Å²) in [4.78, 5) is 11.8. The van der Waals surface area contributed by atoms with E-state index in [0.29, 0.717) is 37.7 Å². The summed E-state index contributed by atoms with van der Waals surface area (Å²) in [7, 11) is 0. The van der Waals surface area contributed by atoms with Crippen molar-refractivity contribution in [2.45, 2.75) is 19.8 Å². The van der Waals surface area contributed by atoms with Crippen molar-refractivity contribution >= 4 is 17.5 Å². The molecule has 0 atom stereocenters. The Morgan fingerprint density at radius 1 is 1.39 bits per heavy atom. The van der Waals surface area contributed by atoms with Crippen LogP contribution < -0.4 is 10.6 Å². The average molecular weight is 336 g/mol. The van der Waals surface area contributed by atoms with E-state index in [1.807, 2.05) is 37.3 Å². The van der Waals surface area contributed by atoms with Crippen LogP contribution in [0.5, 0.6) is 0 Å². The van der Waals surface area contributed by atoms with E-state index in [2.05, 4.69) is 10.6 Å². The zero-order valence-corrected chi connectivity index (χ0v) is 14.0. The molecule has 0 fully saturated rings. The first-order valence-electron chi connectivity index (χ1n) is 7.62. The Kier molecular flexibility index (Phi) is 9.53. The van der Waals surface area contributed by atoms with Gasteiger partial charge in [-0.25, -0.2) is 0 Å². The molecule has 0 aliphatic rings. The third kappa shape index (κ3) is 7.68. The molecule has 0 bridgehead atoms. The Morgan fingerprint density at radius 3 is 2.87 bits per heavy atom. The van der Waals surface area contributed by atoms with E-state index in [-0.39, 0.29) is 11.5 Å². The average Bonchev–Trinajstić information content (AvgIpc) is 2.56. The number of nitrogens with one attached hydrogen (secondary N) is 2. The van der Waals surface area contributed by atoms with Crippen molar-refractivity contribution in [1.82, 2.24) is 10.6 Å². The number of hydrogen-bond acceptors (Lipinski definition) is 4. The van der Waals surface area contributed by atoms with E-state index in [0.717, 1.165) is 12.0 Å². The molecule has 0 saturated heterocycles. The third-order valence-corrected chi connectivity index (χ3v) is 3.43. The lowest BCUT2D eigenvalue weighted by atomic mass is 10.1. The number of benzene rings is 1. The number of carbonyl (C=O) groups excluding carboxylic acids is 1. The van der Waals surface area contributed by atoms with Crippen molar-refractivity contribution in [2.75, 3.05) is 26.3 Å². The van der Waals surface area contributed by atoms with Gasteiger partial charge in [0.15, 0.2) is 0 Å². The van der Waals surface area contributed by atoms with Gasteiger partial charge in [-0.05, 0) is 31.4 Å². The van der Waals surface area contributed by atoms with Crippen LogP contribution in [0.15, 0.2) is 36.0 Å². The first-order chi connectivity index (χ1) is 11.2. The van der Waals surface area contributed by atoms with E-state index in [9.17, 15) is 4.79 Å². The van der Waals surface area contributed by atoms with Crippen molar-refractivity contribution in [3.63, 3.8) is 0 Å². The van der Waals surface area contributed by atoms with Gasteiger partial charge in [0.25, 0.3) is 5.91 Å². The summed E-state index contributed by atoms with van der Waals surface area (Å²) in [6.07, 6.45) is 2.87. The Morgan fingerprint density at radius 2 is 2.17 bits per heavy atom. The third-order valence-electron chi connectivity index (χ3n) is 3.06. The molecule has 0 aliphatic carbocycles. The van der Waals surface area contributed by atoms with Crippen LogP contribution in [0.3, 0.4) is 0 Å². The van der Waals surface area contributed by atoms with Gasteiger partial charge in [-0.1, -0.05) is 29.8 Å². The normalized spacial score (nSPS) is 10.9. The molecule has 0 radical (unpaired) electrons. The van der Waals surface area contributed by atoms with Crippen molar-refractivity contribution in [3.05, 3.63) is 46.6 Å². The molecule has 2 N–H and O–H groups in total. The van der Waals surface area contributed by atoms with E-state index in [4.69, 9.17) is 21.6 Å². The molecule has 1 aromatic rings. The van der Waals surface area contributed by atoms with Crippen LogP contribution in [0.2, 0.25) is 5.02 Å². The number of nitrogens with zero attached hydrogens (tertiary/aromatic N) is 1. The number of amides is 1. The van der Waals surface area contributed by atoms with E-state index >= 15 is 0 Å². The molecule has 0 aromatic heterocycles. The molecule has 5 nitrogen and oxygen atoms in total. The molecule has 0 spiro atoms. The zero-order chi connectivity index (χ0) is 16.9. The monoisotopic (exact) mass is 335 g/mol. The largest absolute Gasteiger partial charge is 0.389 e. The number of nitriles is 1. The van der Waals surface area contributed by atoms with Gasteiger partial charge >= 0.3 is 0 Å². The Bertz CT molecular complexity index is 567. The maximum atomic E-state index is 11.8. The highest BCUT2D eigenvalue weighted by molar-refractivity contribution is 6.31. The second-order valence-corrected chi connectivity index (χ2v) is 5.18. The number of ether oxygens (including phenoxy) is 1. The lowest BCUT2D eigenvalue weighted by molar-refractivity contribution is -0.117. The molecule has 0 heterocycles. The van der Waals surface area contributed by atoms with Gasteiger partial charge in [-0.3, -0.25) is 4.79 Å². The second kappa shape index (κ2) is 11.5. The van der Waals surface area contributed by atoms with E-state index in [1.165, 1.54) is 6.20 Å². The molecular formula is C17H22ClN3O2. The molecule has 0 unspecified atom stereocenters.